The van der Waals surface area contributed by atoms with Gasteiger partial charge in [-0.3, -0.25) is 0 Å². The van der Waals surface area contributed by atoms with Gasteiger partial charge in [-0.2, -0.15) is 0 Å². The molecule has 68 valence electrons. The molecule has 0 atom stereocenters. The number of rotatable bonds is 4. The van der Waals surface area contributed by atoms with E-state index in [2.05, 4.69) is 21.4 Å². The van der Waals surface area contributed by atoms with Crippen molar-refractivity contribution in [2.24, 2.45) is 0 Å². The van der Waals surface area contributed by atoms with Crippen LogP contribution in [-0.2, 0) is 14.3 Å². The first-order chi connectivity index (χ1) is 5.70. The fourth-order valence-electron chi connectivity index (χ4n) is 0.395. The predicted molar refractivity (Wildman–Crippen MR) is 41.3 cm³/mol. The van der Waals surface area contributed by atoms with E-state index < -0.39 is 18.9 Å². The summed E-state index contributed by atoms with van der Waals surface area (Å²) in [4.78, 5) is 21.0. The van der Waals surface area contributed by atoms with Gasteiger partial charge in [0, 0.05) is 12.6 Å². The molecule has 1 amide bonds. The predicted octanol–water partition coefficient (Wildman–Crippen LogP) is 0.419. The van der Waals surface area contributed by atoms with Crippen molar-refractivity contribution in [1.29, 1.82) is 0 Å². The minimum Gasteiger partial charge on any atom is -0.425 e. The summed E-state index contributed by atoms with van der Waals surface area (Å²) in [5, 5.41) is 2.36. The number of hydrogen-bond donors (Lipinski definition) is 1. The molecule has 0 aliphatic rings. The number of esters is 1. The highest BCUT2D eigenvalue weighted by Crippen LogP contribution is 1.82. The SMILES string of the molecule is C=CC(=O)OCOC(=O)NCC. The Kier molecular flexibility index (Phi) is 5.42. The molecule has 5 heteroatoms. The summed E-state index contributed by atoms with van der Waals surface area (Å²) in [5.74, 6) is -0.626. The smallest absolute Gasteiger partial charge is 0.410 e. The number of carbonyl (C=O) groups is 2. The van der Waals surface area contributed by atoms with Gasteiger partial charge in [-0.25, -0.2) is 9.59 Å². The van der Waals surface area contributed by atoms with Crippen molar-refractivity contribution in [1.82, 2.24) is 5.32 Å². The van der Waals surface area contributed by atoms with Gasteiger partial charge in [0.1, 0.15) is 0 Å². The van der Waals surface area contributed by atoms with Gasteiger partial charge in [0.15, 0.2) is 0 Å². The molecule has 0 fully saturated rings. The Labute approximate surface area is 70.3 Å². The lowest BCUT2D eigenvalue weighted by Gasteiger charge is -2.03. The Balaban J connectivity index is 3.36. The summed E-state index contributed by atoms with van der Waals surface area (Å²) in [5.41, 5.74) is 0. The molecule has 0 aliphatic heterocycles. The van der Waals surface area contributed by atoms with Crippen molar-refractivity contribution in [3.8, 4) is 0 Å². The van der Waals surface area contributed by atoms with Crippen LogP contribution in [0.4, 0.5) is 4.79 Å². The van der Waals surface area contributed by atoms with Gasteiger partial charge in [0.2, 0.25) is 6.79 Å². The van der Waals surface area contributed by atoms with E-state index in [1.807, 2.05) is 0 Å². The van der Waals surface area contributed by atoms with Gasteiger partial charge < -0.3 is 14.8 Å². The van der Waals surface area contributed by atoms with Crippen LogP contribution in [0, 0.1) is 0 Å². The molecular weight excluding hydrogens is 162 g/mol. The molecule has 0 aromatic rings. The van der Waals surface area contributed by atoms with E-state index in [-0.39, 0.29) is 0 Å². The van der Waals surface area contributed by atoms with Crippen molar-refractivity contribution in [2.45, 2.75) is 6.92 Å². The van der Waals surface area contributed by atoms with Crippen LogP contribution in [0.2, 0.25) is 0 Å². The molecule has 0 aromatic heterocycles. The van der Waals surface area contributed by atoms with Gasteiger partial charge >= 0.3 is 12.1 Å². The van der Waals surface area contributed by atoms with Crippen LogP contribution >= 0.6 is 0 Å². The average molecular weight is 173 g/mol. The number of hydrogen-bond acceptors (Lipinski definition) is 4. The summed E-state index contributed by atoms with van der Waals surface area (Å²) in [7, 11) is 0. The minimum absolute atomic E-state index is 0.392. The van der Waals surface area contributed by atoms with Crippen molar-refractivity contribution >= 4 is 12.1 Å². The Morgan fingerprint density at radius 1 is 1.50 bits per heavy atom. The molecular formula is C7H11NO4. The molecule has 0 saturated heterocycles. The topological polar surface area (TPSA) is 64.6 Å². The molecule has 0 aliphatic carbocycles. The van der Waals surface area contributed by atoms with Crippen LogP contribution in [0.3, 0.4) is 0 Å². The molecule has 0 aromatic carbocycles. The highest BCUT2D eigenvalue weighted by Gasteiger charge is 2.00. The van der Waals surface area contributed by atoms with Crippen LogP contribution < -0.4 is 5.32 Å². The molecule has 5 nitrogen and oxygen atoms in total. The molecule has 0 radical (unpaired) electrons. The van der Waals surface area contributed by atoms with Crippen molar-refractivity contribution < 1.29 is 19.1 Å². The maximum absolute atomic E-state index is 10.6. The molecule has 0 saturated carbocycles. The Hall–Kier alpha value is -1.52. The first kappa shape index (κ1) is 10.5. The molecule has 0 rings (SSSR count). The number of alkyl carbamates (subject to hydrolysis) is 1. The summed E-state index contributed by atoms with van der Waals surface area (Å²) in [6.07, 6.45) is 0.371. The Morgan fingerprint density at radius 2 is 2.17 bits per heavy atom. The number of ether oxygens (including phenoxy) is 2. The van der Waals surface area contributed by atoms with Gasteiger partial charge in [-0.1, -0.05) is 6.58 Å². The lowest BCUT2D eigenvalue weighted by Crippen LogP contribution is -2.25. The number of amides is 1. The first-order valence-electron chi connectivity index (χ1n) is 3.40. The van der Waals surface area contributed by atoms with Gasteiger partial charge in [-0.15, -0.1) is 0 Å². The second-order valence-electron chi connectivity index (χ2n) is 1.75. The fraction of sp³-hybridized carbons (Fsp3) is 0.429. The summed E-state index contributed by atoms with van der Waals surface area (Å²) >= 11 is 0. The summed E-state index contributed by atoms with van der Waals surface area (Å²) < 4.78 is 8.78. The maximum Gasteiger partial charge on any atom is 0.410 e. The van der Waals surface area contributed by atoms with Gasteiger partial charge in [-0.05, 0) is 6.92 Å². The van der Waals surface area contributed by atoms with E-state index in [1.54, 1.807) is 6.92 Å². The number of carbonyl (C=O) groups excluding carboxylic acids is 2. The van der Waals surface area contributed by atoms with Crippen LogP contribution in [0.5, 0.6) is 0 Å². The molecule has 0 bridgehead atoms. The number of nitrogens with one attached hydrogen (secondary N) is 1. The third-order valence-electron chi connectivity index (χ3n) is 0.879. The summed E-state index contributed by atoms with van der Waals surface area (Å²) in [6.45, 7) is 4.99. The highest BCUT2D eigenvalue weighted by molar-refractivity contribution is 5.81. The largest absolute Gasteiger partial charge is 0.425 e. The van der Waals surface area contributed by atoms with Gasteiger partial charge in [0.25, 0.3) is 0 Å². The zero-order valence-corrected chi connectivity index (χ0v) is 6.83. The van der Waals surface area contributed by atoms with Crippen LogP contribution in [-0.4, -0.2) is 25.4 Å². The molecule has 12 heavy (non-hydrogen) atoms. The molecule has 0 unspecified atom stereocenters. The second kappa shape index (κ2) is 6.21. The Bertz CT molecular complexity index is 178. The van der Waals surface area contributed by atoms with Crippen LogP contribution in [0.1, 0.15) is 6.92 Å². The minimum atomic E-state index is -0.626. The van der Waals surface area contributed by atoms with E-state index in [0.29, 0.717) is 6.54 Å². The van der Waals surface area contributed by atoms with E-state index in [4.69, 9.17) is 0 Å². The lowest BCUT2D eigenvalue weighted by molar-refractivity contribution is -0.145. The highest BCUT2D eigenvalue weighted by atomic mass is 16.7. The van der Waals surface area contributed by atoms with E-state index >= 15 is 0 Å². The molecule has 1 N–H and O–H groups in total. The van der Waals surface area contributed by atoms with E-state index in [1.165, 1.54) is 0 Å². The quantitative estimate of drug-likeness (QED) is 0.380. The summed E-state index contributed by atoms with van der Waals surface area (Å²) in [6, 6.07) is 0. The average Bonchev–Trinajstić information content (AvgIpc) is 2.04. The first-order valence-corrected chi connectivity index (χ1v) is 3.40. The molecule has 0 spiro atoms. The maximum atomic E-state index is 10.6. The van der Waals surface area contributed by atoms with Crippen molar-refractivity contribution in [3.63, 3.8) is 0 Å². The van der Waals surface area contributed by atoms with Crippen LogP contribution in [0.15, 0.2) is 12.7 Å². The van der Waals surface area contributed by atoms with Crippen molar-refractivity contribution in [2.75, 3.05) is 13.3 Å². The van der Waals surface area contributed by atoms with Crippen molar-refractivity contribution in [3.05, 3.63) is 12.7 Å². The monoisotopic (exact) mass is 173 g/mol. The standard InChI is InChI=1S/C7H11NO4/c1-3-6(9)11-5-12-7(10)8-4-2/h3H,1,4-5H2,2H3,(H,8,10). The zero-order valence-electron chi connectivity index (χ0n) is 6.83. The fourth-order valence-corrected chi connectivity index (χ4v) is 0.395. The molecule has 0 heterocycles. The third-order valence-corrected chi connectivity index (χ3v) is 0.879. The second-order valence-corrected chi connectivity index (χ2v) is 1.75. The van der Waals surface area contributed by atoms with E-state index in [9.17, 15) is 9.59 Å². The Morgan fingerprint density at radius 3 is 2.67 bits per heavy atom. The third kappa shape index (κ3) is 5.28. The zero-order chi connectivity index (χ0) is 9.40. The van der Waals surface area contributed by atoms with Gasteiger partial charge in [0.05, 0.1) is 0 Å². The normalized spacial score (nSPS) is 8.42. The lowest BCUT2D eigenvalue weighted by atomic mass is 10.7. The van der Waals surface area contributed by atoms with Crippen LogP contribution in [0.25, 0.3) is 0 Å². The van der Waals surface area contributed by atoms with E-state index in [0.717, 1.165) is 6.08 Å².